The number of rotatable bonds is 4. The number of nitriles is 1. The van der Waals surface area contributed by atoms with Crippen LogP contribution in [0, 0.1) is 24.1 Å². The van der Waals surface area contributed by atoms with E-state index in [1.54, 1.807) is 18.2 Å². The summed E-state index contributed by atoms with van der Waals surface area (Å²) < 4.78 is 16.0. The van der Waals surface area contributed by atoms with Crippen LogP contribution in [0.5, 0.6) is 0 Å². The normalized spacial score (nSPS) is 12.8. The van der Waals surface area contributed by atoms with Gasteiger partial charge in [0, 0.05) is 11.3 Å². The van der Waals surface area contributed by atoms with Crippen molar-refractivity contribution < 1.29 is 9.18 Å². The van der Waals surface area contributed by atoms with E-state index < -0.39 is 17.8 Å². The van der Waals surface area contributed by atoms with Gasteiger partial charge in [-0.15, -0.1) is 0 Å². The fraction of sp³-hybridized carbons (Fsp3) is 0.391. The number of aryl methyl sites for hydroxylation is 1. The van der Waals surface area contributed by atoms with Gasteiger partial charge in [0.15, 0.2) is 5.65 Å². The Labute approximate surface area is 175 Å². The number of nitrogens with zero attached hydrogens (tertiary/aromatic N) is 4. The van der Waals surface area contributed by atoms with Crippen molar-refractivity contribution in [2.75, 3.05) is 0 Å². The van der Waals surface area contributed by atoms with Crippen LogP contribution < -0.4 is 5.32 Å². The number of nitrogens with one attached hydrogen (secondary N) is 1. The average molecular weight is 407 g/mol. The number of hydrogen-bond acceptors (Lipinski definition) is 4. The molecule has 1 amide bonds. The monoisotopic (exact) mass is 407 g/mol. The Morgan fingerprint density at radius 2 is 1.93 bits per heavy atom. The predicted octanol–water partition coefficient (Wildman–Crippen LogP) is 4.75. The van der Waals surface area contributed by atoms with E-state index in [-0.39, 0.29) is 17.0 Å². The van der Waals surface area contributed by atoms with Crippen molar-refractivity contribution in [3.63, 3.8) is 0 Å². The lowest BCUT2D eigenvalue weighted by atomic mass is 10.0. The molecule has 30 heavy (non-hydrogen) atoms. The fourth-order valence-corrected chi connectivity index (χ4v) is 3.35. The molecule has 2 aromatic heterocycles. The minimum atomic E-state index is -1.11. The van der Waals surface area contributed by atoms with E-state index in [4.69, 9.17) is 4.98 Å². The fourth-order valence-electron chi connectivity index (χ4n) is 3.35. The first kappa shape index (κ1) is 21.4. The van der Waals surface area contributed by atoms with E-state index in [0.29, 0.717) is 22.3 Å². The number of halogens is 1. The first-order chi connectivity index (χ1) is 14.0. The Balaban J connectivity index is 2.15. The number of fused-ring (bicyclic) bond motifs is 1. The molecule has 0 fully saturated rings. The summed E-state index contributed by atoms with van der Waals surface area (Å²) in [5.41, 5.74) is 2.23. The molecular weight excluding hydrogens is 381 g/mol. The third kappa shape index (κ3) is 3.90. The molecule has 1 atom stereocenters. The van der Waals surface area contributed by atoms with Gasteiger partial charge in [0.2, 0.25) is 0 Å². The zero-order chi connectivity index (χ0) is 22.2. The van der Waals surface area contributed by atoms with Crippen LogP contribution in [0.3, 0.4) is 0 Å². The smallest absolute Gasteiger partial charge is 0.253 e. The summed E-state index contributed by atoms with van der Waals surface area (Å²) in [7, 11) is 0. The summed E-state index contributed by atoms with van der Waals surface area (Å²) in [6.45, 7) is 11.9. The molecule has 0 spiro atoms. The van der Waals surface area contributed by atoms with Gasteiger partial charge < -0.3 is 5.32 Å². The van der Waals surface area contributed by atoms with Crippen LogP contribution in [0.4, 0.5) is 4.39 Å². The van der Waals surface area contributed by atoms with Crippen molar-refractivity contribution in [3.05, 3.63) is 58.7 Å². The lowest BCUT2D eigenvalue weighted by molar-refractivity contribution is 0.0946. The minimum Gasteiger partial charge on any atom is -0.332 e. The zero-order valence-electron chi connectivity index (χ0n) is 18.1. The summed E-state index contributed by atoms with van der Waals surface area (Å²) in [5, 5.41) is 17.5. The summed E-state index contributed by atoms with van der Waals surface area (Å²) in [5.74, 6) is -0.914. The van der Waals surface area contributed by atoms with Gasteiger partial charge in [0.25, 0.3) is 5.91 Å². The Bertz CT molecular complexity index is 1150. The largest absolute Gasteiger partial charge is 0.332 e. The minimum absolute atomic E-state index is 0.0860. The molecule has 156 valence electrons. The second-order valence-electron chi connectivity index (χ2n) is 8.67. The number of hydrogen-bond donors (Lipinski definition) is 1. The number of benzene rings is 1. The molecule has 0 radical (unpaired) electrons. The molecule has 1 unspecified atom stereocenters. The Morgan fingerprint density at radius 1 is 1.27 bits per heavy atom. The molecule has 7 heteroatoms. The van der Waals surface area contributed by atoms with E-state index in [1.165, 1.54) is 12.1 Å². The number of pyridine rings is 1. The predicted molar refractivity (Wildman–Crippen MR) is 114 cm³/mol. The van der Waals surface area contributed by atoms with Crippen molar-refractivity contribution in [2.45, 2.75) is 59.0 Å². The maximum atomic E-state index is 14.2. The molecular formula is C23H26FN5O. The number of carbonyl (C=O) groups is 1. The van der Waals surface area contributed by atoms with Gasteiger partial charge in [-0.25, -0.2) is 14.1 Å². The molecule has 0 saturated carbocycles. The molecule has 0 aliphatic heterocycles. The molecule has 1 aromatic carbocycles. The number of amides is 1. The summed E-state index contributed by atoms with van der Waals surface area (Å²) in [6, 6.07) is 8.55. The molecule has 6 nitrogen and oxygen atoms in total. The lowest BCUT2D eigenvalue weighted by Gasteiger charge is -2.20. The topological polar surface area (TPSA) is 83.6 Å². The third-order valence-corrected chi connectivity index (χ3v) is 4.92. The van der Waals surface area contributed by atoms with Gasteiger partial charge in [0.05, 0.1) is 28.3 Å². The van der Waals surface area contributed by atoms with Gasteiger partial charge in [0.1, 0.15) is 11.9 Å². The van der Waals surface area contributed by atoms with Crippen LogP contribution in [0.25, 0.3) is 11.0 Å². The van der Waals surface area contributed by atoms with E-state index in [2.05, 4.69) is 10.4 Å². The molecule has 0 aliphatic rings. The highest BCUT2D eigenvalue weighted by atomic mass is 19.1. The van der Waals surface area contributed by atoms with Crippen molar-refractivity contribution in [2.24, 2.45) is 0 Å². The molecule has 0 aliphatic carbocycles. The highest BCUT2D eigenvalue weighted by Gasteiger charge is 2.26. The van der Waals surface area contributed by atoms with E-state index in [9.17, 15) is 14.4 Å². The summed E-state index contributed by atoms with van der Waals surface area (Å²) >= 11 is 0. The van der Waals surface area contributed by atoms with Gasteiger partial charge in [-0.05, 0) is 45.7 Å². The highest BCUT2D eigenvalue weighted by Crippen LogP contribution is 2.29. The lowest BCUT2D eigenvalue weighted by Crippen LogP contribution is -2.29. The molecule has 3 aromatic rings. The van der Waals surface area contributed by atoms with Gasteiger partial charge in [-0.1, -0.05) is 32.0 Å². The first-order valence-electron chi connectivity index (χ1n) is 9.90. The molecule has 1 N–H and O–H groups in total. The van der Waals surface area contributed by atoms with E-state index in [1.807, 2.05) is 52.3 Å². The van der Waals surface area contributed by atoms with Crippen LogP contribution >= 0.6 is 0 Å². The van der Waals surface area contributed by atoms with Gasteiger partial charge in [-0.2, -0.15) is 10.4 Å². The van der Waals surface area contributed by atoms with Crippen molar-refractivity contribution in [1.82, 2.24) is 20.1 Å². The second kappa shape index (κ2) is 7.86. The van der Waals surface area contributed by atoms with E-state index >= 15 is 0 Å². The Morgan fingerprint density at radius 3 is 2.50 bits per heavy atom. The Kier molecular flexibility index (Phi) is 5.62. The summed E-state index contributed by atoms with van der Waals surface area (Å²) in [4.78, 5) is 18.0. The van der Waals surface area contributed by atoms with Crippen LogP contribution in [0.15, 0.2) is 30.3 Å². The van der Waals surface area contributed by atoms with Crippen molar-refractivity contribution in [3.8, 4) is 6.07 Å². The molecule has 0 bridgehead atoms. The summed E-state index contributed by atoms with van der Waals surface area (Å²) in [6.07, 6.45) is 0. The molecule has 2 heterocycles. The van der Waals surface area contributed by atoms with Crippen LogP contribution in [-0.4, -0.2) is 20.7 Å². The van der Waals surface area contributed by atoms with Crippen LogP contribution in [0.2, 0.25) is 0 Å². The number of aromatic nitrogens is 3. The highest BCUT2D eigenvalue weighted by molar-refractivity contribution is 6.06. The second-order valence-corrected chi connectivity index (χ2v) is 8.67. The zero-order valence-corrected chi connectivity index (χ0v) is 18.1. The standard InChI is InChI=1S/C23H26FN5O/c1-13(2)18-11-16(20-14(3)28-29(21(20)26-18)23(4,5)6)22(30)27-19(12-25)15-9-7-8-10-17(15)24/h7-11,13,19H,1-6H3,(H,27,30). The van der Waals surface area contributed by atoms with Crippen LogP contribution in [0.1, 0.15) is 73.9 Å². The SMILES string of the molecule is Cc1nn(C(C)(C)C)c2nc(C(C)C)cc(C(=O)NC(C#N)c3ccccc3F)c12. The van der Waals surface area contributed by atoms with Gasteiger partial charge in [-0.3, -0.25) is 4.79 Å². The molecule has 0 saturated heterocycles. The Hall–Kier alpha value is -3.27. The first-order valence-corrected chi connectivity index (χ1v) is 9.90. The van der Waals surface area contributed by atoms with Gasteiger partial charge >= 0.3 is 0 Å². The van der Waals surface area contributed by atoms with Crippen LogP contribution in [-0.2, 0) is 5.54 Å². The van der Waals surface area contributed by atoms with E-state index in [0.717, 1.165) is 5.69 Å². The average Bonchev–Trinajstić information content (AvgIpc) is 3.03. The maximum Gasteiger partial charge on any atom is 0.253 e. The third-order valence-electron chi connectivity index (χ3n) is 4.92. The van der Waals surface area contributed by atoms with Crippen molar-refractivity contribution in [1.29, 1.82) is 5.26 Å². The molecule has 3 rings (SSSR count). The van der Waals surface area contributed by atoms with Crippen molar-refractivity contribution >= 4 is 16.9 Å². The maximum absolute atomic E-state index is 14.2. The quantitative estimate of drug-likeness (QED) is 0.676. The number of carbonyl (C=O) groups excluding carboxylic acids is 1.